The summed E-state index contributed by atoms with van der Waals surface area (Å²) in [6.07, 6.45) is 5.19. The van der Waals surface area contributed by atoms with Crippen molar-refractivity contribution in [2.45, 2.75) is 0 Å². The Balaban J connectivity index is 1.76. The number of nitrogens with zero attached hydrogens (tertiary/aromatic N) is 3. The van der Waals surface area contributed by atoms with Gasteiger partial charge in [-0.25, -0.2) is 9.67 Å². The molecule has 0 atom stereocenters. The second-order valence-electron chi connectivity index (χ2n) is 4.32. The topological polar surface area (TPSA) is 59.8 Å². The summed E-state index contributed by atoms with van der Waals surface area (Å²) in [7, 11) is 0. The monoisotopic (exact) mass is 342 g/mol. The minimum absolute atomic E-state index is 0.193. The van der Waals surface area contributed by atoms with Crippen molar-refractivity contribution in [3.63, 3.8) is 0 Å². The lowest BCUT2D eigenvalue weighted by molar-refractivity contribution is 0.102. The van der Waals surface area contributed by atoms with E-state index in [2.05, 4.69) is 31.3 Å². The standard InChI is InChI=1S/C15H11BrN4O/c16-12-9-18-20(10-12)13-6-4-11(5-7-13)15(21)19-14-3-1-2-8-17-14/h1-10H,(H,17,19,21). The van der Waals surface area contributed by atoms with Crippen molar-refractivity contribution in [1.29, 1.82) is 0 Å². The molecule has 0 spiro atoms. The number of anilines is 1. The highest BCUT2D eigenvalue weighted by atomic mass is 79.9. The number of rotatable bonds is 3. The predicted octanol–water partition coefficient (Wildman–Crippen LogP) is 3.28. The number of halogens is 1. The fraction of sp³-hybridized carbons (Fsp3) is 0. The van der Waals surface area contributed by atoms with Crippen LogP contribution in [0.4, 0.5) is 5.82 Å². The molecule has 6 heteroatoms. The summed E-state index contributed by atoms with van der Waals surface area (Å²) in [6.45, 7) is 0. The smallest absolute Gasteiger partial charge is 0.256 e. The van der Waals surface area contributed by atoms with Gasteiger partial charge in [-0.3, -0.25) is 4.79 Å². The molecular weight excluding hydrogens is 332 g/mol. The maximum Gasteiger partial charge on any atom is 0.256 e. The highest BCUT2D eigenvalue weighted by Gasteiger charge is 2.07. The van der Waals surface area contributed by atoms with Crippen LogP contribution in [-0.4, -0.2) is 20.7 Å². The lowest BCUT2D eigenvalue weighted by atomic mass is 10.2. The zero-order valence-electron chi connectivity index (χ0n) is 10.9. The maximum absolute atomic E-state index is 12.1. The molecule has 3 aromatic rings. The van der Waals surface area contributed by atoms with E-state index < -0.39 is 0 Å². The number of nitrogens with one attached hydrogen (secondary N) is 1. The quantitative estimate of drug-likeness (QED) is 0.794. The molecule has 21 heavy (non-hydrogen) atoms. The summed E-state index contributed by atoms with van der Waals surface area (Å²) in [5.74, 6) is 0.337. The van der Waals surface area contributed by atoms with Crippen LogP contribution in [0.2, 0.25) is 0 Å². The van der Waals surface area contributed by atoms with Crippen LogP contribution >= 0.6 is 15.9 Å². The van der Waals surface area contributed by atoms with Crippen molar-refractivity contribution in [2.75, 3.05) is 5.32 Å². The molecule has 0 fully saturated rings. The Morgan fingerprint density at radius 1 is 1.14 bits per heavy atom. The summed E-state index contributed by atoms with van der Waals surface area (Å²) >= 11 is 3.35. The first-order valence-electron chi connectivity index (χ1n) is 6.25. The van der Waals surface area contributed by atoms with Crippen molar-refractivity contribution in [1.82, 2.24) is 14.8 Å². The molecule has 1 aromatic carbocycles. The van der Waals surface area contributed by atoms with Crippen molar-refractivity contribution >= 4 is 27.7 Å². The summed E-state index contributed by atoms with van der Waals surface area (Å²) in [5.41, 5.74) is 1.45. The molecule has 5 nitrogen and oxygen atoms in total. The fourth-order valence-electron chi connectivity index (χ4n) is 1.83. The average Bonchev–Trinajstić information content (AvgIpc) is 2.95. The lowest BCUT2D eigenvalue weighted by Gasteiger charge is -2.05. The van der Waals surface area contributed by atoms with Crippen LogP contribution in [0.1, 0.15) is 10.4 Å². The van der Waals surface area contributed by atoms with Gasteiger partial charge in [-0.05, 0) is 52.3 Å². The summed E-state index contributed by atoms with van der Waals surface area (Å²) in [6, 6.07) is 12.5. The molecule has 2 heterocycles. The zero-order chi connectivity index (χ0) is 14.7. The molecule has 3 rings (SSSR count). The first-order chi connectivity index (χ1) is 10.2. The summed E-state index contributed by atoms with van der Waals surface area (Å²) in [5, 5.41) is 6.93. The first-order valence-corrected chi connectivity index (χ1v) is 7.05. The Kier molecular flexibility index (Phi) is 3.79. The normalized spacial score (nSPS) is 10.3. The average molecular weight is 343 g/mol. The Morgan fingerprint density at radius 2 is 1.95 bits per heavy atom. The molecule has 0 radical (unpaired) electrons. The summed E-state index contributed by atoms with van der Waals surface area (Å²) in [4.78, 5) is 16.1. The Morgan fingerprint density at radius 3 is 2.57 bits per heavy atom. The SMILES string of the molecule is O=C(Nc1ccccn1)c1ccc(-n2cc(Br)cn2)cc1. The van der Waals surface area contributed by atoms with E-state index >= 15 is 0 Å². The van der Waals surface area contributed by atoms with Crippen LogP contribution in [-0.2, 0) is 0 Å². The molecule has 0 unspecified atom stereocenters. The molecular formula is C15H11BrN4O. The maximum atomic E-state index is 12.1. The molecule has 0 aliphatic carbocycles. The minimum atomic E-state index is -0.193. The van der Waals surface area contributed by atoms with E-state index in [9.17, 15) is 4.79 Å². The zero-order valence-corrected chi connectivity index (χ0v) is 12.5. The number of benzene rings is 1. The van der Waals surface area contributed by atoms with Crippen LogP contribution in [0, 0.1) is 0 Å². The largest absolute Gasteiger partial charge is 0.307 e. The first kappa shape index (κ1) is 13.5. The van der Waals surface area contributed by atoms with Gasteiger partial charge in [-0.2, -0.15) is 5.10 Å². The highest BCUT2D eigenvalue weighted by molar-refractivity contribution is 9.10. The number of amides is 1. The van der Waals surface area contributed by atoms with Crippen molar-refractivity contribution < 1.29 is 4.79 Å². The molecule has 0 bridgehead atoms. The third-order valence-electron chi connectivity index (χ3n) is 2.85. The van der Waals surface area contributed by atoms with E-state index in [1.165, 1.54) is 0 Å². The minimum Gasteiger partial charge on any atom is -0.307 e. The van der Waals surface area contributed by atoms with Crippen LogP contribution in [0.15, 0.2) is 65.5 Å². The Hall–Kier alpha value is -2.47. The van der Waals surface area contributed by atoms with E-state index in [1.807, 2.05) is 24.4 Å². The number of hydrogen-bond acceptors (Lipinski definition) is 3. The molecule has 0 aliphatic heterocycles. The van der Waals surface area contributed by atoms with E-state index in [0.29, 0.717) is 11.4 Å². The van der Waals surface area contributed by atoms with E-state index in [0.717, 1.165) is 10.2 Å². The van der Waals surface area contributed by atoms with Crippen LogP contribution in [0.3, 0.4) is 0 Å². The van der Waals surface area contributed by atoms with E-state index in [1.54, 1.807) is 41.3 Å². The van der Waals surface area contributed by atoms with Gasteiger partial charge in [0.15, 0.2) is 0 Å². The number of aromatic nitrogens is 3. The lowest BCUT2D eigenvalue weighted by Crippen LogP contribution is -2.12. The third-order valence-corrected chi connectivity index (χ3v) is 3.26. The third kappa shape index (κ3) is 3.17. The second kappa shape index (κ2) is 5.88. The van der Waals surface area contributed by atoms with Gasteiger partial charge in [0, 0.05) is 18.0 Å². The molecule has 0 saturated carbocycles. The van der Waals surface area contributed by atoms with Gasteiger partial charge in [-0.15, -0.1) is 0 Å². The van der Waals surface area contributed by atoms with Crippen LogP contribution < -0.4 is 5.32 Å². The molecule has 104 valence electrons. The van der Waals surface area contributed by atoms with Gasteiger partial charge < -0.3 is 5.32 Å². The van der Waals surface area contributed by atoms with E-state index in [4.69, 9.17) is 0 Å². The highest BCUT2D eigenvalue weighted by Crippen LogP contribution is 2.14. The van der Waals surface area contributed by atoms with Gasteiger partial charge >= 0.3 is 0 Å². The molecule has 0 saturated heterocycles. The molecule has 1 amide bonds. The van der Waals surface area contributed by atoms with Crippen LogP contribution in [0.25, 0.3) is 5.69 Å². The second-order valence-corrected chi connectivity index (χ2v) is 5.23. The predicted molar refractivity (Wildman–Crippen MR) is 83.5 cm³/mol. The van der Waals surface area contributed by atoms with Crippen molar-refractivity contribution in [2.24, 2.45) is 0 Å². The van der Waals surface area contributed by atoms with Gasteiger partial charge in [0.25, 0.3) is 5.91 Å². The van der Waals surface area contributed by atoms with Gasteiger partial charge in [0.05, 0.1) is 16.4 Å². The van der Waals surface area contributed by atoms with E-state index in [-0.39, 0.29) is 5.91 Å². The number of pyridine rings is 1. The number of carbonyl (C=O) groups excluding carboxylic acids is 1. The number of carbonyl (C=O) groups is 1. The van der Waals surface area contributed by atoms with Gasteiger partial charge in [0.2, 0.25) is 0 Å². The molecule has 1 N–H and O–H groups in total. The van der Waals surface area contributed by atoms with Crippen molar-refractivity contribution in [3.8, 4) is 5.69 Å². The van der Waals surface area contributed by atoms with Crippen LogP contribution in [0.5, 0.6) is 0 Å². The molecule has 0 aliphatic rings. The number of hydrogen-bond donors (Lipinski definition) is 1. The molecule has 2 aromatic heterocycles. The van der Waals surface area contributed by atoms with Gasteiger partial charge in [-0.1, -0.05) is 6.07 Å². The fourth-order valence-corrected chi connectivity index (χ4v) is 2.12. The van der Waals surface area contributed by atoms with Crippen molar-refractivity contribution in [3.05, 3.63) is 71.1 Å². The van der Waals surface area contributed by atoms with Gasteiger partial charge in [0.1, 0.15) is 5.82 Å². The Bertz CT molecular complexity index is 753. The Labute approximate surface area is 129 Å². The summed E-state index contributed by atoms with van der Waals surface area (Å²) < 4.78 is 2.63.